The van der Waals surface area contributed by atoms with E-state index in [1.54, 1.807) is 0 Å². The Bertz CT molecular complexity index is 233. The van der Waals surface area contributed by atoms with Crippen LogP contribution in [-0.4, -0.2) is 38.4 Å². The third-order valence-corrected chi connectivity index (χ3v) is 4.57. The lowest BCUT2D eigenvalue weighted by Crippen LogP contribution is -2.46. The van der Waals surface area contributed by atoms with Crippen LogP contribution < -0.4 is 10.6 Å². The van der Waals surface area contributed by atoms with Gasteiger partial charge in [-0.05, 0) is 31.6 Å². The molecule has 1 aliphatic heterocycles. The molecule has 3 nitrogen and oxygen atoms in total. The fourth-order valence-electron chi connectivity index (χ4n) is 3.28. The van der Waals surface area contributed by atoms with Gasteiger partial charge in [0.1, 0.15) is 0 Å². The molecule has 1 heterocycles. The van der Waals surface area contributed by atoms with Crippen molar-refractivity contribution in [2.45, 2.75) is 64.5 Å². The molecule has 0 radical (unpaired) electrons. The lowest BCUT2D eigenvalue weighted by molar-refractivity contribution is 0.0704. The SMILES string of the molecule is CC(CC1COCCN1)NCC1(C)CCCCC1. The number of rotatable bonds is 5. The second kappa shape index (κ2) is 6.88. The summed E-state index contributed by atoms with van der Waals surface area (Å²) >= 11 is 0. The standard InChI is InChI=1S/C15H30N2O/c1-13(10-14-11-18-9-8-16-14)17-12-15(2)6-4-3-5-7-15/h13-14,16-17H,3-12H2,1-2H3. The van der Waals surface area contributed by atoms with Gasteiger partial charge in [0.25, 0.3) is 0 Å². The molecule has 2 atom stereocenters. The highest BCUT2D eigenvalue weighted by Crippen LogP contribution is 2.35. The van der Waals surface area contributed by atoms with Gasteiger partial charge in [0, 0.05) is 25.2 Å². The molecule has 2 aliphatic rings. The molecule has 0 aromatic carbocycles. The maximum absolute atomic E-state index is 5.51. The van der Waals surface area contributed by atoms with Crippen LogP contribution in [0.25, 0.3) is 0 Å². The van der Waals surface area contributed by atoms with Gasteiger partial charge in [0.15, 0.2) is 0 Å². The summed E-state index contributed by atoms with van der Waals surface area (Å²) in [5.41, 5.74) is 0.545. The zero-order valence-electron chi connectivity index (χ0n) is 12.1. The molecule has 0 aromatic rings. The van der Waals surface area contributed by atoms with Gasteiger partial charge in [-0.15, -0.1) is 0 Å². The Morgan fingerprint density at radius 3 is 2.78 bits per heavy atom. The van der Waals surface area contributed by atoms with Gasteiger partial charge >= 0.3 is 0 Å². The monoisotopic (exact) mass is 254 g/mol. The molecule has 0 bridgehead atoms. The number of nitrogens with one attached hydrogen (secondary N) is 2. The normalized spacial score (nSPS) is 30.0. The molecular formula is C15H30N2O. The van der Waals surface area contributed by atoms with E-state index < -0.39 is 0 Å². The van der Waals surface area contributed by atoms with Crippen LogP contribution in [0.1, 0.15) is 52.4 Å². The Kier molecular flexibility index (Phi) is 5.46. The highest BCUT2D eigenvalue weighted by molar-refractivity contribution is 4.83. The molecule has 2 N–H and O–H groups in total. The van der Waals surface area contributed by atoms with Crippen LogP contribution in [0.15, 0.2) is 0 Å². The third kappa shape index (κ3) is 4.52. The quantitative estimate of drug-likeness (QED) is 0.790. The van der Waals surface area contributed by atoms with E-state index in [9.17, 15) is 0 Å². The predicted molar refractivity (Wildman–Crippen MR) is 75.9 cm³/mol. The van der Waals surface area contributed by atoms with Gasteiger partial charge in [-0.25, -0.2) is 0 Å². The van der Waals surface area contributed by atoms with Gasteiger partial charge < -0.3 is 15.4 Å². The zero-order valence-corrected chi connectivity index (χ0v) is 12.1. The molecule has 2 unspecified atom stereocenters. The van der Waals surface area contributed by atoms with Crippen molar-refractivity contribution >= 4 is 0 Å². The second-order valence-corrected chi connectivity index (χ2v) is 6.61. The van der Waals surface area contributed by atoms with Crippen LogP contribution >= 0.6 is 0 Å². The Morgan fingerprint density at radius 2 is 2.11 bits per heavy atom. The van der Waals surface area contributed by atoms with E-state index >= 15 is 0 Å². The molecule has 2 rings (SSSR count). The Hall–Kier alpha value is -0.120. The molecule has 3 heteroatoms. The van der Waals surface area contributed by atoms with Crippen molar-refractivity contribution < 1.29 is 4.74 Å². The van der Waals surface area contributed by atoms with Crippen molar-refractivity contribution in [3.63, 3.8) is 0 Å². The third-order valence-electron chi connectivity index (χ3n) is 4.57. The van der Waals surface area contributed by atoms with Crippen molar-refractivity contribution in [2.75, 3.05) is 26.3 Å². The smallest absolute Gasteiger partial charge is 0.0620 e. The topological polar surface area (TPSA) is 33.3 Å². The Labute approximate surface area is 112 Å². The fraction of sp³-hybridized carbons (Fsp3) is 1.00. The van der Waals surface area contributed by atoms with E-state index in [0.717, 1.165) is 19.8 Å². The minimum absolute atomic E-state index is 0.542. The highest BCUT2D eigenvalue weighted by Gasteiger charge is 2.27. The average Bonchev–Trinajstić information content (AvgIpc) is 2.39. The molecule has 1 saturated heterocycles. The van der Waals surface area contributed by atoms with E-state index in [4.69, 9.17) is 4.74 Å². The van der Waals surface area contributed by atoms with Crippen molar-refractivity contribution in [2.24, 2.45) is 5.41 Å². The average molecular weight is 254 g/mol. The summed E-state index contributed by atoms with van der Waals surface area (Å²) in [6.07, 6.45) is 8.26. The zero-order chi connectivity index (χ0) is 12.8. The van der Waals surface area contributed by atoms with Crippen molar-refractivity contribution in [1.29, 1.82) is 0 Å². The molecule has 18 heavy (non-hydrogen) atoms. The molecule has 2 fully saturated rings. The predicted octanol–water partition coefficient (Wildman–Crippen LogP) is 2.31. The van der Waals surface area contributed by atoms with Gasteiger partial charge in [0.2, 0.25) is 0 Å². The minimum atomic E-state index is 0.542. The van der Waals surface area contributed by atoms with Crippen molar-refractivity contribution in [1.82, 2.24) is 10.6 Å². The highest BCUT2D eigenvalue weighted by atomic mass is 16.5. The molecule has 106 valence electrons. The summed E-state index contributed by atoms with van der Waals surface area (Å²) in [6.45, 7) is 8.70. The van der Waals surface area contributed by atoms with E-state index in [-0.39, 0.29) is 0 Å². The summed E-state index contributed by atoms with van der Waals surface area (Å²) in [6, 6.07) is 1.13. The molecule has 0 spiro atoms. The number of hydrogen-bond donors (Lipinski definition) is 2. The lowest BCUT2D eigenvalue weighted by Gasteiger charge is -2.35. The van der Waals surface area contributed by atoms with Gasteiger partial charge in [0.05, 0.1) is 13.2 Å². The maximum atomic E-state index is 5.51. The second-order valence-electron chi connectivity index (χ2n) is 6.61. The van der Waals surface area contributed by atoms with Gasteiger partial charge in [-0.3, -0.25) is 0 Å². The lowest BCUT2D eigenvalue weighted by atomic mass is 9.75. The fourth-order valence-corrected chi connectivity index (χ4v) is 3.28. The molecule has 1 aliphatic carbocycles. The maximum Gasteiger partial charge on any atom is 0.0620 e. The van der Waals surface area contributed by atoms with Crippen LogP contribution in [0.4, 0.5) is 0 Å². The Balaban J connectivity index is 1.65. The summed E-state index contributed by atoms with van der Waals surface area (Å²) < 4.78 is 5.51. The van der Waals surface area contributed by atoms with Crippen molar-refractivity contribution in [3.05, 3.63) is 0 Å². The Morgan fingerprint density at radius 1 is 1.33 bits per heavy atom. The van der Waals surface area contributed by atoms with E-state index in [0.29, 0.717) is 17.5 Å². The van der Waals surface area contributed by atoms with Crippen LogP contribution in [-0.2, 0) is 4.74 Å². The molecule has 0 aromatic heterocycles. The van der Waals surface area contributed by atoms with E-state index in [1.807, 2.05) is 0 Å². The van der Waals surface area contributed by atoms with Gasteiger partial charge in [-0.1, -0.05) is 26.2 Å². The molecule has 0 amide bonds. The van der Waals surface area contributed by atoms with Crippen LogP contribution in [0.5, 0.6) is 0 Å². The summed E-state index contributed by atoms with van der Waals surface area (Å²) in [5.74, 6) is 0. The first kappa shape index (κ1) is 14.3. The first-order valence-electron chi connectivity index (χ1n) is 7.72. The van der Waals surface area contributed by atoms with Crippen molar-refractivity contribution in [3.8, 4) is 0 Å². The van der Waals surface area contributed by atoms with Crippen LogP contribution in [0.3, 0.4) is 0 Å². The largest absolute Gasteiger partial charge is 0.379 e. The van der Waals surface area contributed by atoms with E-state index in [2.05, 4.69) is 24.5 Å². The summed E-state index contributed by atoms with van der Waals surface area (Å²) in [4.78, 5) is 0. The molecular weight excluding hydrogens is 224 g/mol. The van der Waals surface area contributed by atoms with Crippen LogP contribution in [0.2, 0.25) is 0 Å². The summed E-state index contributed by atoms with van der Waals surface area (Å²) in [7, 11) is 0. The first-order valence-corrected chi connectivity index (χ1v) is 7.72. The minimum Gasteiger partial charge on any atom is -0.379 e. The van der Waals surface area contributed by atoms with Crippen LogP contribution in [0, 0.1) is 5.41 Å². The number of ether oxygens (including phenoxy) is 1. The number of morpholine rings is 1. The number of hydrogen-bond acceptors (Lipinski definition) is 3. The van der Waals surface area contributed by atoms with E-state index in [1.165, 1.54) is 45.1 Å². The summed E-state index contributed by atoms with van der Waals surface area (Å²) in [5, 5.41) is 7.28. The first-order chi connectivity index (χ1) is 8.68. The molecule has 1 saturated carbocycles. The van der Waals surface area contributed by atoms with Gasteiger partial charge in [-0.2, -0.15) is 0 Å².